The van der Waals surface area contributed by atoms with Crippen molar-refractivity contribution in [2.24, 2.45) is 0 Å². The van der Waals surface area contributed by atoms with Crippen LogP contribution >= 0.6 is 0 Å². The minimum Gasteiger partial charge on any atom is -0.471 e. The number of imidazole rings is 1. The topological polar surface area (TPSA) is 93.2 Å². The fraction of sp³-hybridized carbons (Fsp3) is 0.333. The van der Waals surface area contributed by atoms with Gasteiger partial charge in [0.05, 0.1) is 24.2 Å². The molecule has 1 saturated heterocycles. The first kappa shape index (κ1) is 19.1. The molecular formula is C21H23N5O3. The fourth-order valence-corrected chi connectivity index (χ4v) is 3.10. The van der Waals surface area contributed by atoms with E-state index in [0.29, 0.717) is 31.5 Å². The van der Waals surface area contributed by atoms with Crippen LogP contribution in [0.15, 0.2) is 48.3 Å². The monoisotopic (exact) mass is 393 g/mol. The van der Waals surface area contributed by atoms with Crippen LogP contribution in [0.1, 0.15) is 24.0 Å². The number of carbonyl (C=O) groups excluding carboxylic acids is 1. The van der Waals surface area contributed by atoms with E-state index >= 15 is 0 Å². The van der Waals surface area contributed by atoms with Crippen LogP contribution in [0.4, 0.5) is 5.82 Å². The Bertz CT molecular complexity index is 991. The highest BCUT2D eigenvalue weighted by atomic mass is 16.5. The Labute approximate surface area is 168 Å². The average molecular weight is 393 g/mol. The van der Waals surface area contributed by atoms with Crippen molar-refractivity contribution in [3.8, 4) is 5.88 Å². The van der Waals surface area contributed by atoms with Gasteiger partial charge in [-0.15, -0.1) is 0 Å². The molecule has 0 saturated carbocycles. The summed E-state index contributed by atoms with van der Waals surface area (Å²) >= 11 is 0. The maximum atomic E-state index is 12.4. The minimum absolute atomic E-state index is 0.0611. The first-order valence-corrected chi connectivity index (χ1v) is 9.61. The fourth-order valence-electron chi connectivity index (χ4n) is 3.10. The quantitative estimate of drug-likeness (QED) is 0.487. The number of fused-ring (bicyclic) bond motifs is 1. The van der Waals surface area contributed by atoms with E-state index in [1.54, 1.807) is 12.4 Å². The number of para-hydroxylation sites is 2. The van der Waals surface area contributed by atoms with Crippen molar-refractivity contribution in [1.82, 2.24) is 19.9 Å². The number of nitrogens with one attached hydrogen (secondary N) is 1. The first-order chi connectivity index (χ1) is 14.2. The number of nitrogens with zero attached hydrogens (tertiary/aromatic N) is 4. The molecule has 0 spiro atoms. The Morgan fingerprint density at radius 1 is 1.24 bits per heavy atom. The number of anilines is 1. The van der Waals surface area contributed by atoms with E-state index in [1.807, 2.05) is 37.3 Å². The lowest BCUT2D eigenvalue weighted by Crippen LogP contribution is -2.37. The van der Waals surface area contributed by atoms with E-state index in [2.05, 4.69) is 24.8 Å². The van der Waals surface area contributed by atoms with Crippen LogP contribution < -0.4 is 9.64 Å². The van der Waals surface area contributed by atoms with Crippen molar-refractivity contribution in [3.05, 3.63) is 54.1 Å². The number of hydrogen-bond acceptors (Lipinski definition) is 7. The maximum absolute atomic E-state index is 12.4. The van der Waals surface area contributed by atoms with Gasteiger partial charge in [-0.1, -0.05) is 18.2 Å². The summed E-state index contributed by atoms with van der Waals surface area (Å²) in [6, 6.07) is 7.59. The molecule has 3 heterocycles. The molecule has 1 aliphatic heterocycles. The number of H-pyrrole nitrogens is 1. The molecule has 1 fully saturated rings. The van der Waals surface area contributed by atoms with E-state index in [0.717, 1.165) is 35.5 Å². The molecule has 29 heavy (non-hydrogen) atoms. The van der Waals surface area contributed by atoms with E-state index in [-0.39, 0.29) is 12.2 Å². The van der Waals surface area contributed by atoms with Gasteiger partial charge in [0.2, 0.25) is 5.78 Å². The second kappa shape index (κ2) is 8.83. The van der Waals surface area contributed by atoms with Crippen molar-refractivity contribution in [2.45, 2.75) is 13.3 Å². The molecule has 3 aromatic rings. The van der Waals surface area contributed by atoms with Gasteiger partial charge in [-0.3, -0.25) is 4.79 Å². The summed E-state index contributed by atoms with van der Waals surface area (Å²) in [5.74, 6) is 1.53. The van der Waals surface area contributed by atoms with Crippen molar-refractivity contribution in [3.63, 3.8) is 0 Å². The van der Waals surface area contributed by atoms with Crippen LogP contribution in [0.3, 0.4) is 0 Å². The standard InChI is InChI=1S/C21H23N5O3/c1-15(6-7-18(27)19-24-16-4-2-3-5-17(16)25-19)14-29-21-20(22-8-9-23-21)26-10-12-28-13-11-26/h2-6,8-9H,7,10-14H2,1H3,(H,24,25)/b15-6+. The number of hydrogen-bond donors (Lipinski definition) is 1. The van der Waals surface area contributed by atoms with Gasteiger partial charge in [-0.05, 0) is 24.6 Å². The third kappa shape index (κ3) is 4.60. The predicted molar refractivity (Wildman–Crippen MR) is 109 cm³/mol. The van der Waals surface area contributed by atoms with E-state index < -0.39 is 0 Å². The highest BCUT2D eigenvalue weighted by Gasteiger charge is 2.18. The molecule has 2 aromatic heterocycles. The molecule has 8 nitrogen and oxygen atoms in total. The van der Waals surface area contributed by atoms with Gasteiger partial charge in [0.1, 0.15) is 6.61 Å². The van der Waals surface area contributed by atoms with Crippen molar-refractivity contribution >= 4 is 22.6 Å². The van der Waals surface area contributed by atoms with Crippen LogP contribution in [0.2, 0.25) is 0 Å². The molecule has 0 radical (unpaired) electrons. The van der Waals surface area contributed by atoms with Crippen molar-refractivity contribution in [2.75, 3.05) is 37.8 Å². The largest absolute Gasteiger partial charge is 0.471 e. The van der Waals surface area contributed by atoms with Crippen LogP contribution in [0.5, 0.6) is 5.88 Å². The van der Waals surface area contributed by atoms with Crippen LogP contribution in [-0.4, -0.2) is 58.6 Å². The van der Waals surface area contributed by atoms with Gasteiger partial charge < -0.3 is 19.4 Å². The molecule has 150 valence electrons. The Kier molecular flexibility index (Phi) is 5.81. The van der Waals surface area contributed by atoms with Crippen LogP contribution in [0, 0.1) is 0 Å². The Balaban J connectivity index is 1.36. The molecule has 1 N–H and O–H groups in total. The van der Waals surface area contributed by atoms with Crippen molar-refractivity contribution < 1.29 is 14.3 Å². The SMILES string of the molecule is C/C(=C\CC(=O)c1nc2ccccc2[nH]1)COc1nccnc1N1CCOCC1. The Morgan fingerprint density at radius 3 is 2.86 bits per heavy atom. The highest BCUT2D eigenvalue weighted by molar-refractivity contribution is 5.96. The number of ketones is 1. The van der Waals surface area contributed by atoms with Gasteiger partial charge >= 0.3 is 0 Å². The maximum Gasteiger partial charge on any atom is 0.257 e. The van der Waals surface area contributed by atoms with Crippen molar-refractivity contribution in [1.29, 1.82) is 0 Å². The molecular weight excluding hydrogens is 370 g/mol. The van der Waals surface area contributed by atoms with Crippen LogP contribution in [0.25, 0.3) is 11.0 Å². The number of aromatic amines is 1. The van der Waals surface area contributed by atoms with Gasteiger partial charge in [-0.25, -0.2) is 15.0 Å². The molecule has 0 aliphatic carbocycles. The zero-order valence-corrected chi connectivity index (χ0v) is 16.3. The van der Waals surface area contributed by atoms with E-state index in [4.69, 9.17) is 9.47 Å². The average Bonchev–Trinajstić information content (AvgIpc) is 3.21. The van der Waals surface area contributed by atoms with Gasteiger partial charge in [0.15, 0.2) is 11.6 Å². The summed E-state index contributed by atoms with van der Waals surface area (Å²) in [5.41, 5.74) is 2.59. The normalized spacial score (nSPS) is 14.9. The number of rotatable bonds is 7. The molecule has 1 aromatic carbocycles. The van der Waals surface area contributed by atoms with Gasteiger partial charge in [0.25, 0.3) is 5.88 Å². The van der Waals surface area contributed by atoms with E-state index in [1.165, 1.54) is 0 Å². The smallest absolute Gasteiger partial charge is 0.257 e. The lowest BCUT2D eigenvalue weighted by molar-refractivity contribution is 0.0987. The summed E-state index contributed by atoms with van der Waals surface area (Å²) in [6.07, 6.45) is 5.39. The van der Waals surface area contributed by atoms with Gasteiger partial charge in [0, 0.05) is 31.9 Å². The molecule has 0 bridgehead atoms. The zero-order chi connectivity index (χ0) is 20.1. The third-order valence-corrected chi connectivity index (χ3v) is 4.68. The Morgan fingerprint density at radius 2 is 2.03 bits per heavy atom. The molecule has 4 rings (SSSR count). The summed E-state index contributed by atoms with van der Waals surface area (Å²) in [4.78, 5) is 30.7. The lowest BCUT2D eigenvalue weighted by Gasteiger charge is -2.28. The minimum atomic E-state index is -0.0611. The first-order valence-electron chi connectivity index (χ1n) is 9.61. The summed E-state index contributed by atoms with van der Waals surface area (Å²) in [7, 11) is 0. The lowest BCUT2D eigenvalue weighted by atomic mass is 10.2. The highest BCUT2D eigenvalue weighted by Crippen LogP contribution is 2.23. The number of aromatic nitrogens is 4. The predicted octanol–water partition coefficient (Wildman–Crippen LogP) is 2.79. The second-order valence-corrected chi connectivity index (χ2v) is 6.85. The number of carbonyl (C=O) groups is 1. The summed E-state index contributed by atoms with van der Waals surface area (Å²) < 4.78 is 11.3. The summed E-state index contributed by atoms with van der Waals surface area (Å²) in [6.45, 7) is 5.11. The number of morpholine rings is 1. The van der Waals surface area contributed by atoms with Crippen LogP contribution in [-0.2, 0) is 4.74 Å². The molecule has 0 atom stereocenters. The zero-order valence-electron chi connectivity index (χ0n) is 16.3. The number of ether oxygens (including phenoxy) is 2. The third-order valence-electron chi connectivity index (χ3n) is 4.68. The number of Topliss-reactive ketones (excluding diaryl/α,β-unsaturated/α-hetero) is 1. The van der Waals surface area contributed by atoms with Gasteiger partial charge in [-0.2, -0.15) is 0 Å². The number of allylic oxidation sites excluding steroid dienone is 1. The second-order valence-electron chi connectivity index (χ2n) is 6.85. The molecule has 8 heteroatoms. The molecule has 0 unspecified atom stereocenters. The molecule has 0 amide bonds. The summed E-state index contributed by atoms with van der Waals surface area (Å²) in [5, 5.41) is 0. The Hall–Kier alpha value is -3.26. The van der Waals surface area contributed by atoms with E-state index in [9.17, 15) is 4.79 Å². The molecule has 1 aliphatic rings. The number of benzene rings is 1.